The topological polar surface area (TPSA) is 71.2 Å². The van der Waals surface area contributed by atoms with Gasteiger partial charge in [-0.05, 0) is 12.8 Å². The van der Waals surface area contributed by atoms with Crippen molar-refractivity contribution >= 4 is 5.97 Å². The number of hydrogen-bond donors (Lipinski definition) is 1. The molecule has 0 atom stereocenters. The maximum Gasteiger partial charge on any atom is 0.358 e. The van der Waals surface area contributed by atoms with Crippen LogP contribution in [0.1, 0.15) is 29.4 Å². The van der Waals surface area contributed by atoms with E-state index in [1.54, 1.807) is 4.68 Å². The molecule has 7 heteroatoms. The lowest BCUT2D eigenvalue weighted by molar-refractivity contribution is 0.0690. The first-order valence-electron chi connectivity index (χ1n) is 5.64. The Morgan fingerprint density at radius 2 is 2.24 bits per heavy atom. The summed E-state index contributed by atoms with van der Waals surface area (Å²) in [6, 6.07) is 0.173. The van der Waals surface area contributed by atoms with E-state index in [2.05, 4.69) is 15.2 Å². The normalized spacial score (nSPS) is 18.4. The van der Waals surface area contributed by atoms with Crippen molar-refractivity contribution in [3.05, 3.63) is 11.9 Å². The maximum atomic E-state index is 12.2. The molecular weight excluding hydrogens is 227 g/mol. The van der Waals surface area contributed by atoms with Crippen molar-refractivity contribution in [3.8, 4) is 0 Å². The number of aromatic carboxylic acids is 1. The first kappa shape index (κ1) is 12.0. The maximum absolute atomic E-state index is 12.2. The van der Waals surface area contributed by atoms with E-state index < -0.39 is 5.97 Å². The van der Waals surface area contributed by atoms with Crippen molar-refractivity contribution in [1.82, 2.24) is 19.9 Å². The van der Waals surface area contributed by atoms with Crippen molar-refractivity contribution in [2.75, 3.05) is 26.3 Å². The van der Waals surface area contributed by atoms with Gasteiger partial charge in [0.1, 0.15) is 6.67 Å². The molecule has 0 saturated carbocycles. The van der Waals surface area contributed by atoms with Gasteiger partial charge in [0.2, 0.25) is 0 Å². The number of hydrogen-bond acceptors (Lipinski definition) is 4. The van der Waals surface area contributed by atoms with Crippen molar-refractivity contribution < 1.29 is 14.3 Å². The van der Waals surface area contributed by atoms with Gasteiger partial charge >= 0.3 is 5.97 Å². The predicted octanol–water partition coefficient (Wildman–Crippen LogP) is 0.583. The van der Waals surface area contributed by atoms with Crippen LogP contribution < -0.4 is 0 Å². The van der Waals surface area contributed by atoms with Crippen LogP contribution >= 0.6 is 0 Å². The van der Waals surface area contributed by atoms with E-state index in [0.29, 0.717) is 6.54 Å². The molecule has 17 heavy (non-hydrogen) atoms. The van der Waals surface area contributed by atoms with Gasteiger partial charge in [-0.1, -0.05) is 5.21 Å². The monoisotopic (exact) mass is 242 g/mol. The summed E-state index contributed by atoms with van der Waals surface area (Å²) in [6.07, 6.45) is 3.16. The highest BCUT2D eigenvalue weighted by molar-refractivity contribution is 5.84. The molecule has 6 nitrogen and oxygen atoms in total. The molecule has 0 unspecified atom stereocenters. The first-order chi connectivity index (χ1) is 8.20. The minimum absolute atomic E-state index is 0.0313. The number of halogens is 1. The Labute approximate surface area is 98.0 Å². The summed E-state index contributed by atoms with van der Waals surface area (Å²) >= 11 is 0. The SMILES string of the molecule is O=C(O)c1cn(C2CCN(CCF)CC2)nn1. The Kier molecular flexibility index (Phi) is 3.68. The number of rotatable bonds is 4. The second kappa shape index (κ2) is 5.22. The van der Waals surface area contributed by atoms with Gasteiger partial charge in [0.15, 0.2) is 5.69 Å². The smallest absolute Gasteiger partial charge is 0.358 e. The zero-order valence-corrected chi connectivity index (χ0v) is 9.42. The van der Waals surface area contributed by atoms with Gasteiger partial charge in [-0.25, -0.2) is 13.9 Å². The number of likely N-dealkylation sites (tertiary alicyclic amines) is 1. The van der Waals surface area contributed by atoms with Gasteiger partial charge < -0.3 is 10.0 Å². The van der Waals surface area contributed by atoms with Crippen LogP contribution in [0.15, 0.2) is 6.20 Å². The van der Waals surface area contributed by atoms with E-state index in [4.69, 9.17) is 5.11 Å². The fraction of sp³-hybridized carbons (Fsp3) is 0.700. The average Bonchev–Trinajstić information content (AvgIpc) is 2.80. The zero-order chi connectivity index (χ0) is 12.3. The molecule has 0 aliphatic carbocycles. The van der Waals surface area contributed by atoms with Crippen LogP contribution in [0.2, 0.25) is 0 Å². The van der Waals surface area contributed by atoms with E-state index in [0.717, 1.165) is 25.9 Å². The van der Waals surface area contributed by atoms with Crippen LogP contribution in [0, 0.1) is 0 Å². The zero-order valence-electron chi connectivity index (χ0n) is 9.42. The van der Waals surface area contributed by atoms with E-state index in [9.17, 15) is 9.18 Å². The highest BCUT2D eigenvalue weighted by atomic mass is 19.1. The first-order valence-corrected chi connectivity index (χ1v) is 5.64. The van der Waals surface area contributed by atoms with Crippen molar-refractivity contribution in [2.24, 2.45) is 0 Å². The quantitative estimate of drug-likeness (QED) is 0.836. The van der Waals surface area contributed by atoms with Gasteiger partial charge in [-0.2, -0.15) is 0 Å². The van der Waals surface area contributed by atoms with Crippen molar-refractivity contribution in [2.45, 2.75) is 18.9 Å². The number of carboxylic acids is 1. The van der Waals surface area contributed by atoms with Gasteiger partial charge in [0, 0.05) is 19.6 Å². The molecule has 0 aromatic carbocycles. The molecule has 1 aromatic rings. The fourth-order valence-corrected chi connectivity index (χ4v) is 2.08. The number of aromatic nitrogens is 3. The standard InChI is InChI=1S/C10H15FN4O2/c11-3-6-14-4-1-8(2-5-14)15-7-9(10(16)17)12-13-15/h7-8H,1-6H2,(H,16,17). The molecule has 2 heterocycles. The molecule has 0 radical (unpaired) electrons. The molecule has 1 fully saturated rings. The number of piperidine rings is 1. The molecule has 1 N–H and O–H groups in total. The minimum atomic E-state index is -1.06. The Bertz CT molecular complexity index is 387. The molecule has 1 aromatic heterocycles. The second-order valence-electron chi connectivity index (χ2n) is 4.15. The number of nitrogens with zero attached hydrogens (tertiary/aromatic N) is 4. The van der Waals surface area contributed by atoms with E-state index in [1.165, 1.54) is 6.20 Å². The molecule has 1 aliphatic heterocycles. The van der Waals surface area contributed by atoms with Crippen LogP contribution in [0.4, 0.5) is 4.39 Å². The van der Waals surface area contributed by atoms with Crippen LogP contribution in [0.5, 0.6) is 0 Å². The molecule has 1 saturated heterocycles. The van der Waals surface area contributed by atoms with Gasteiger partial charge in [-0.3, -0.25) is 0 Å². The average molecular weight is 242 g/mol. The van der Waals surface area contributed by atoms with Crippen molar-refractivity contribution in [1.29, 1.82) is 0 Å². The largest absolute Gasteiger partial charge is 0.476 e. The molecule has 1 aliphatic rings. The van der Waals surface area contributed by atoms with Crippen molar-refractivity contribution in [3.63, 3.8) is 0 Å². The molecular formula is C10H15FN4O2. The van der Waals surface area contributed by atoms with E-state index in [1.807, 2.05) is 0 Å². The van der Waals surface area contributed by atoms with E-state index >= 15 is 0 Å². The Balaban J connectivity index is 1.93. The summed E-state index contributed by atoms with van der Waals surface area (Å²) < 4.78 is 13.8. The summed E-state index contributed by atoms with van der Waals surface area (Å²) in [5.74, 6) is -1.06. The highest BCUT2D eigenvalue weighted by Crippen LogP contribution is 2.21. The lowest BCUT2D eigenvalue weighted by Gasteiger charge is -2.30. The summed E-state index contributed by atoms with van der Waals surface area (Å²) in [5.41, 5.74) is -0.0313. The summed E-state index contributed by atoms with van der Waals surface area (Å²) in [7, 11) is 0. The number of carboxylic acid groups (broad SMARTS) is 1. The summed E-state index contributed by atoms with van der Waals surface area (Å²) in [6.45, 7) is 1.79. The lowest BCUT2D eigenvalue weighted by atomic mass is 10.1. The third-order valence-corrected chi connectivity index (χ3v) is 3.06. The van der Waals surface area contributed by atoms with E-state index in [-0.39, 0.29) is 18.4 Å². The molecule has 0 spiro atoms. The summed E-state index contributed by atoms with van der Waals surface area (Å²) in [5, 5.41) is 16.2. The van der Waals surface area contributed by atoms with Crippen LogP contribution in [-0.4, -0.2) is 57.3 Å². The van der Waals surface area contributed by atoms with Gasteiger partial charge in [0.05, 0.1) is 12.2 Å². The molecule has 0 amide bonds. The Morgan fingerprint density at radius 1 is 1.53 bits per heavy atom. The Morgan fingerprint density at radius 3 is 2.76 bits per heavy atom. The predicted molar refractivity (Wildman–Crippen MR) is 57.7 cm³/mol. The minimum Gasteiger partial charge on any atom is -0.476 e. The Hall–Kier alpha value is -1.50. The fourth-order valence-electron chi connectivity index (χ4n) is 2.08. The second-order valence-corrected chi connectivity index (χ2v) is 4.15. The van der Waals surface area contributed by atoms with Crippen LogP contribution in [-0.2, 0) is 0 Å². The number of alkyl halides is 1. The third kappa shape index (κ3) is 2.79. The lowest BCUT2D eigenvalue weighted by Crippen LogP contribution is -2.36. The molecule has 0 bridgehead atoms. The third-order valence-electron chi connectivity index (χ3n) is 3.06. The highest BCUT2D eigenvalue weighted by Gasteiger charge is 2.22. The summed E-state index contributed by atoms with van der Waals surface area (Å²) in [4.78, 5) is 12.7. The van der Waals surface area contributed by atoms with Gasteiger partial charge in [-0.15, -0.1) is 5.10 Å². The van der Waals surface area contributed by atoms with Gasteiger partial charge in [0.25, 0.3) is 0 Å². The van der Waals surface area contributed by atoms with Crippen LogP contribution in [0.3, 0.4) is 0 Å². The molecule has 94 valence electrons. The van der Waals surface area contributed by atoms with Crippen LogP contribution in [0.25, 0.3) is 0 Å². The number of carbonyl (C=O) groups is 1. The molecule has 2 rings (SSSR count).